The molecule has 0 aromatic carbocycles. The van der Waals surface area contributed by atoms with Crippen molar-refractivity contribution in [1.29, 1.82) is 0 Å². The van der Waals surface area contributed by atoms with Crippen molar-refractivity contribution in [3.8, 4) is 0 Å². The average molecular weight is 250 g/mol. The number of hydrogen-bond donors (Lipinski definition) is 0. The van der Waals surface area contributed by atoms with Gasteiger partial charge in [-0.2, -0.15) is 0 Å². The minimum Gasteiger partial charge on any atom is -0.0285 e. The summed E-state index contributed by atoms with van der Waals surface area (Å²) < 4.78 is 0. The van der Waals surface area contributed by atoms with Crippen molar-refractivity contribution < 1.29 is 0 Å². The zero-order chi connectivity index (χ0) is 12.2. The second-order valence-corrected chi connectivity index (χ2v) is 14.3. The summed E-state index contributed by atoms with van der Waals surface area (Å²) >= 11 is 0. The van der Waals surface area contributed by atoms with E-state index < -0.39 is 0 Å². The van der Waals surface area contributed by atoms with E-state index in [2.05, 4.69) is 55.4 Å². The monoisotopic (exact) mass is 250 g/mol. The van der Waals surface area contributed by atoms with Gasteiger partial charge < -0.3 is 0 Å². The quantitative estimate of drug-likeness (QED) is 0.581. The molecule has 92 valence electrons. The molecule has 0 bridgehead atoms. The van der Waals surface area contributed by atoms with Gasteiger partial charge in [-0.05, 0) is 55.4 Å². The van der Waals surface area contributed by atoms with E-state index >= 15 is 0 Å². The lowest BCUT2D eigenvalue weighted by molar-refractivity contribution is 0.992. The van der Waals surface area contributed by atoms with Gasteiger partial charge in [0, 0.05) is 15.8 Å². The Morgan fingerprint density at radius 2 is 0.733 bits per heavy atom. The molecule has 0 saturated heterocycles. The molecule has 0 nitrogen and oxygen atoms in total. The molecule has 0 aromatic rings. The van der Waals surface area contributed by atoms with Crippen LogP contribution in [0.2, 0.25) is 0 Å². The summed E-state index contributed by atoms with van der Waals surface area (Å²) in [6.45, 7) is 19.5. The Bertz CT molecular complexity index is 128. The van der Waals surface area contributed by atoms with E-state index in [4.69, 9.17) is 0 Å². The molecule has 0 amide bonds. The van der Waals surface area contributed by atoms with Gasteiger partial charge in [-0.1, -0.05) is 0 Å². The van der Waals surface area contributed by atoms with Gasteiger partial charge in [0.2, 0.25) is 0 Å². The van der Waals surface area contributed by atoms with Crippen LogP contribution < -0.4 is 0 Å². The molecule has 0 heterocycles. The Kier molecular flexibility index (Phi) is 7.65. The highest BCUT2D eigenvalue weighted by Crippen LogP contribution is 2.60. The molecular formula is C13H32P2+2. The van der Waals surface area contributed by atoms with E-state index in [0.29, 0.717) is 0 Å². The van der Waals surface area contributed by atoms with Gasteiger partial charge in [-0.25, -0.2) is 0 Å². The third-order valence-corrected chi connectivity index (χ3v) is 12.6. The smallest absolute Gasteiger partial charge is 0.0285 e. The van der Waals surface area contributed by atoms with Crippen LogP contribution >= 0.6 is 15.8 Å². The van der Waals surface area contributed by atoms with Crippen LogP contribution in [0, 0.1) is 0 Å². The van der Waals surface area contributed by atoms with E-state index in [1.54, 1.807) is 5.90 Å². The number of hydrogen-bond acceptors (Lipinski definition) is 0. The van der Waals surface area contributed by atoms with Crippen LogP contribution in [0.15, 0.2) is 0 Å². The molecule has 0 unspecified atom stereocenters. The van der Waals surface area contributed by atoms with Crippen molar-refractivity contribution in [2.45, 2.75) is 78.0 Å². The molecule has 0 aliphatic rings. The van der Waals surface area contributed by atoms with E-state index in [9.17, 15) is 0 Å². The highest BCUT2D eigenvalue weighted by molar-refractivity contribution is 7.75. The van der Waals surface area contributed by atoms with Gasteiger partial charge in [-0.15, -0.1) is 0 Å². The first-order valence-corrected chi connectivity index (χ1v) is 10.2. The predicted octanol–water partition coefficient (Wildman–Crippen LogP) is 5.01. The Balaban J connectivity index is 4.48. The highest BCUT2D eigenvalue weighted by Gasteiger charge is 2.36. The van der Waals surface area contributed by atoms with E-state index in [1.807, 2.05) is 0 Å². The first-order valence-electron chi connectivity index (χ1n) is 6.48. The van der Waals surface area contributed by atoms with E-state index in [1.165, 1.54) is 0 Å². The molecule has 0 rings (SSSR count). The van der Waals surface area contributed by atoms with Crippen molar-refractivity contribution in [2.24, 2.45) is 0 Å². The molecule has 0 saturated carbocycles. The van der Waals surface area contributed by atoms with Gasteiger partial charge in [0.1, 0.15) is 0 Å². The summed E-state index contributed by atoms with van der Waals surface area (Å²) in [5, 5.41) is 0. The van der Waals surface area contributed by atoms with Crippen LogP contribution in [0.1, 0.15) is 55.4 Å². The summed E-state index contributed by atoms with van der Waals surface area (Å²) in [4.78, 5) is 0. The topological polar surface area (TPSA) is 0 Å². The number of rotatable bonds is 6. The van der Waals surface area contributed by atoms with Gasteiger partial charge in [0.25, 0.3) is 0 Å². The van der Waals surface area contributed by atoms with E-state index in [-0.39, 0.29) is 15.8 Å². The fourth-order valence-corrected chi connectivity index (χ4v) is 13.5. The summed E-state index contributed by atoms with van der Waals surface area (Å²) in [7, 11) is -0.243. The maximum Gasteiger partial charge on any atom is 0.156 e. The van der Waals surface area contributed by atoms with Gasteiger partial charge in [0.15, 0.2) is 5.90 Å². The van der Waals surface area contributed by atoms with Crippen LogP contribution in [0.5, 0.6) is 0 Å². The minimum absolute atomic E-state index is 0.121. The Morgan fingerprint density at radius 1 is 0.533 bits per heavy atom. The van der Waals surface area contributed by atoms with Gasteiger partial charge >= 0.3 is 0 Å². The third-order valence-electron chi connectivity index (χ3n) is 3.37. The molecule has 0 atom stereocenters. The average Bonchev–Trinajstić information content (AvgIpc) is 2.01. The lowest BCUT2D eigenvalue weighted by Crippen LogP contribution is -2.12. The van der Waals surface area contributed by atoms with Crippen molar-refractivity contribution in [3.05, 3.63) is 0 Å². The van der Waals surface area contributed by atoms with Crippen LogP contribution in [-0.4, -0.2) is 28.5 Å². The zero-order valence-electron chi connectivity index (χ0n) is 12.0. The van der Waals surface area contributed by atoms with Crippen LogP contribution in [0.25, 0.3) is 0 Å². The normalized spacial score (nSPS) is 13.2. The summed E-state index contributed by atoms with van der Waals surface area (Å²) in [5.74, 6) is 1.61. The standard InChI is InChI=1S/C13H30P2/c1-10(2)14(11(3)4)9-15(12(5)6)13(7)8/h10-13H,9H2,1-8H3/p+2. The molecule has 0 aliphatic heterocycles. The zero-order valence-corrected chi connectivity index (χ0v) is 14.0. The lowest BCUT2D eigenvalue weighted by Gasteiger charge is -2.23. The SMILES string of the molecule is CC(C)[PH+](C[PH+](C(C)C)C(C)C)C(C)C. The van der Waals surface area contributed by atoms with Crippen molar-refractivity contribution in [3.63, 3.8) is 0 Å². The van der Waals surface area contributed by atoms with Crippen LogP contribution in [0.4, 0.5) is 0 Å². The molecule has 15 heavy (non-hydrogen) atoms. The van der Waals surface area contributed by atoms with Crippen LogP contribution in [-0.2, 0) is 0 Å². The van der Waals surface area contributed by atoms with Crippen molar-refractivity contribution in [1.82, 2.24) is 0 Å². The van der Waals surface area contributed by atoms with E-state index in [0.717, 1.165) is 22.6 Å². The van der Waals surface area contributed by atoms with Gasteiger partial charge in [-0.3, -0.25) is 0 Å². The van der Waals surface area contributed by atoms with Gasteiger partial charge in [0.05, 0.1) is 22.6 Å². The molecule has 2 heteroatoms. The lowest BCUT2D eigenvalue weighted by atomic mass is 10.5. The molecule has 0 fully saturated rings. The fourth-order valence-electron chi connectivity index (χ4n) is 2.39. The minimum atomic E-state index is -0.121. The molecule has 0 N–H and O–H groups in total. The maximum atomic E-state index is 2.44. The fraction of sp³-hybridized carbons (Fsp3) is 1.00. The molecule has 0 radical (unpaired) electrons. The molecule has 0 spiro atoms. The second-order valence-electron chi connectivity index (χ2n) is 5.95. The predicted molar refractivity (Wildman–Crippen MR) is 82.0 cm³/mol. The van der Waals surface area contributed by atoms with Crippen molar-refractivity contribution >= 4 is 15.8 Å². The summed E-state index contributed by atoms with van der Waals surface area (Å²) in [5.41, 5.74) is 3.81. The first-order chi connectivity index (χ1) is 6.77. The first kappa shape index (κ1) is 15.9. The third kappa shape index (κ3) is 5.65. The Hall–Kier alpha value is 0.860. The Labute approximate surface area is 100 Å². The Morgan fingerprint density at radius 3 is 0.867 bits per heavy atom. The molecular weight excluding hydrogens is 218 g/mol. The summed E-state index contributed by atoms with van der Waals surface area (Å²) in [6, 6.07) is 0. The molecule has 0 aromatic heterocycles. The largest absolute Gasteiger partial charge is 0.156 e. The molecule has 0 aliphatic carbocycles. The summed E-state index contributed by atoms with van der Waals surface area (Å²) in [6.07, 6.45) is 0. The van der Waals surface area contributed by atoms with Crippen LogP contribution in [0.3, 0.4) is 0 Å². The maximum absolute atomic E-state index is 2.44. The highest BCUT2D eigenvalue weighted by atomic mass is 31.2. The van der Waals surface area contributed by atoms with Crippen molar-refractivity contribution in [2.75, 3.05) is 5.90 Å². The second kappa shape index (κ2) is 7.24.